The van der Waals surface area contributed by atoms with Crippen molar-refractivity contribution in [3.05, 3.63) is 59.7 Å². The summed E-state index contributed by atoms with van der Waals surface area (Å²) in [5.41, 5.74) is 1.43. The molecule has 1 aliphatic rings. The predicted octanol–water partition coefficient (Wildman–Crippen LogP) is 2.73. The number of hydrogen-bond donors (Lipinski definition) is 1. The fourth-order valence-electron chi connectivity index (χ4n) is 2.95. The number of imide groups is 1. The van der Waals surface area contributed by atoms with Gasteiger partial charge >= 0.3 is 5.97 Å². The van der Waals surface area contributed by atoms with Crippen molar-refractivity contribution in [3.8, 4) is 0 Å². The molecular weight excluding hydrogens is 388 g/mol. The van der Waals surface area contributed by atoms with Crippen LogP contribution in [0.5, 0.6) is 0 Å². The zero-order valence-corrected chi connectivity index (χ0v) is 16.5. The van der Waals surface area contributed by atoms with Crippen molar-refractivity contribution in [1.82, 2.24) is 0 Å². The topological polar surface area (TPSA) is 110 Å². The third-order valence-corrected chi connectivity index (χ3v) is 4.60. The number of hydrogen-bond acceptors (Lipinski definition) is 6. The summed E-state index contributed by atoms with van der Waals surface area (Å²) in [6, 6.07) is 12.3. The average molecular weight is 408 g/mol. The van der Waals surface area contributed by atoms with Crippen LogP contribution in [-0.2, 0) is 19.1 Å². The Morgan fingerprint density at radius 3 is 2.20 bits per heavy atom. The number of Topliss-reactive ketones (excluding diaryl/α,β-unsaturated/α-hetero) is 1. The van der Waals surface area contributed by atoms with Gasteiger partial charge in [-0.1, -0.05) is 12.1 Å². The highest BCUT2D eigenvalue weighted by Crippen LogP contribution is 2.23. The van der Waals surface area contributed by atoms with E-state index in [1.807, 2.05) is 0 Å². The van der Waals surface area contributed by atoms with Crippen molar-refractivity contribution < 1.29 is 28.7 Å². The van der Waals surface area contributed by atoms with Crippen LogP contribution in [-0.4, -0.2) is 35.6 Å². The molecule has 8 nitrogen and oxygen atoms in total. The Bertz CT molecular complexity index is 1010. The van der Waals surface area contributed by atoms with Crippen LogP contribution < -0.4 is 10.2 Å². The number of ketones is 1. The fourth-order valence-corrected chi connectivity index (χ4v) is 2.95. The largest absolute Gasteiger partial charge is 0.449 e. The van der Waals surface area contributed by atoms with Crippen LogP contribution in [0, 0.1) is 0 Å². The molecule has 1 heterocycles. The number of anilines is 2. The summed E-state index contributed by atoms with van der Waals surface area (Å²) in [4.78, 5) is 60.7. The van der Waals surface area contributed by atoms with Gasteiger partial charge in [-0.3, -0.25) is 24.1 Å². The lowest BCUT2D eigenvalue weighted by Gasteiger charge is -2.15. The summed E-state index contributed by atoms with van der Waals surface area (Å²) < 4.78 is 5.19. The first-order chi connectivity index (χ1) is 14.3. The summed E-state index contributed by atoms with van der Waals surface area (Å²) in [5.74, 6) is -1.97. The maximum absolute atomic E-state index is 12.3. The van der Waals surface area contributed by atoms with Gasteiger partial charge in [-0.05, 0) is 50.2 Å². The van der Waals surface area contributed by atoms with Crippen LogP contribution in [0.1, 0.15) is 47.4 Å². The molecule has 1 saturated heterocycles. The van der Waals surface area contributed by atoms with Gasteiger partial charge in [-0.15, -0.1) is 0 Å². The average Bonchev–Trinajstić information content (AvgIpc) is 3.06. The first-order valence-electron chi connectivity index (χ1n) is 9.35. The van der Waals surface area contributed by atoms with Crippen molar-refractivity contribution in [2.75, 3.05) is 10.2 Å². The summed E-state index contributed by atoms with van der Waals surface area (Å²) >= 11 is 0. The smallest absolute Gasteiger partial charge is 0.338 e. The zero-order valence-electron chi connectivity index (χ0n) is 16.5. The van der Waals surface area contributed by atoms with Crippen molar-refractivity contribution in [2.45, 2.75) is 32.8 Å². The van der Waals surface area contributed by atoms with E-state index < -0.39 is 18.0 Å². The number of amides is 3. The van der Waals surface area contributed by atoms with Gasteiger partial charge in [0.25, 0.3) is 5.91 Å². The Hall–Kier alpha value is -3.81. The Labute approximate surface area is 172 Å². The molecule has 8 heteroatoms. The second-order valence-corrected chi connectivity index (χ2v) is 6.84. The van der Waals surface area contributed by atoms with E-state index in [9.17, 15) is 24.0 Å². The highest BCUT2D eigenvalue weighted by molar-refractivity contribution is 6.19. The standard InChI is InChI=1S/C22H20N2O6/c1-13(25)16-4-3-5-17(12-16)23-21(28)14(2)30-22(29)15-6-8-18(9-7-15)24-19(26)10-11-20(24)27/h3-9,12,14H,10-11H2,1-2H3,(H,23,28)/t14-/m1/s1. The Morgan fingerprint density at radius 2 is 1.60 bits per heavy atom. The number of rotatable bonds is 6. The van der Waals surface area contributed by atoms with Crippen molar-refractivity contribution in [3.63, 3.8) is 0 Å². The number of nitrogens with one attached hydrogen (secondary N) is 1. The minimum atomic E-state index is -1.08. The molecule has 1 N–H and O–H groups in total. The first kappa shape index (κ1) is 20.9. The third-order valence-electron chi connectivity index (χ3n) is 4.60. The second-order valence-electron chi connectivity index (χ2n) is 6.84. The minimum absolute atomic E-state index is 0.133. The van der Waals surface area contributed by atoms with E-state index in [4.69, 9.17) is 4.74 Å². The number of ether oxygens (including phenoxy) is 1. The molecule has 0 saturated carbocycles. The molecule has 1 aliphatic heterocycles. The lowest BCUT2D eigenvalue weighted by molar-refractivity contribution is -0.124. The normalized spacial score (nSPS) is 14.4. The lowest BCUT2D eigenvalue weighted by atomic mass is 10.1. The van der Waals surface area contributed by atoms with Gasteiger partial charge in [0.15, 0.2) is 11.9 Å². The fraction of sp³-hybridized carbons (Fsp3) is 0.227. The molecule has 2 aromatic carbocycles. The molecule has 0 aromatic heterocycles. The summed E-state index contributed by atoms with van der Waals surface area (Å²) in [5, 5.41) is 2.60. The molecule has 0 aliphatic carbocycles. The van der Waals surface area contributed by atoms with Gasteiger partial charge in [0.05, 0.1) is 11.3 Å². The minimum Gasteiger partial charge on any atom is -0.449 e. The summed E-state index contributed by atoms with van der Waals surface area (Å²) in [6.45, 7) is 2.85. The quantitative estimate of drug-likeness (QED) is 0.447. The van der Waals surface area contributed by atoms with Crippen molar-refractivity contribution >= 4 is 40.8 Å². The highest BCUT2D eigenvalue weighted by atomic mass is 16.5. The molecule has 0 bridgehead atoms. The molecule has 0 spiro atoms. The molecule has 1 atom stereocenters. The number of nitrogens with zero attached hydrogens (tertiary/aromatic N) is 1. The molecule has 3 rings (SSSR count). The van der Waals surface area contributed by atoms with E-state index in [0.717, 1.165) is 4.90 Å². The van der Waals surface area contributed by atoms with Crippen LogP contribution in [0.25, 0.3) is 0 Å². The van der Waals surface area contributed by atoms with E-state index in [-0.39, 0.29) is 36.0 Å². The van der Waals surface area contributed by atoms with Crippen molar-refractivity contribution in [1.29, 1.82) is 0 Å². The Balaban J connectivity index is 1.61. The van der Waals surface area contributed by atoms with Gasteiger partial charge in [0.2, 0.25) is 11.8 Å². The second kappa shape index (κ2) is 8.69. The molecular formula is C22H20N2O6. The lowest BCUT2D eigenvalue weighted by Crippen LogP contribution is -2.30. The summed E-state index contributed by atoms with van der Waals surface area (Å²) in [7, 11) is 0. The monoisotopic (exact) mass is 408 g/mol. The van der Waals surface area contributed by atoms with Gasteiger partial charge in [-0.2, -0.15) is 0 Å². The maximum atomic E-state index is 12.3. The number of esters is 1. The van der Waals surface area contributed by atoms with E-state index in [2.05, 4.69) is 5.32 Å². The van der Waals surface area contributed by atoms with E-state index in [1.54, 1.807) is 18.2 Å². The molecule has 0 unspecified atom stereocenters. The van der Waals surface area contributed by atoms with Gasteiger partial charge < -0.3 is 10.1 Å². The van der Waals surface area contributed by atoms with Crippen LogP contribution in [0.4, 0.5) is 11.4 Å². The van der Waals surface area contributed by atoms with Crippen LogP contribution >= 0.6 is 0 Å². The summed E-state index contributed by atoms with van der Waals surface area (Å²) in [6.07, 6.45) is -0.741. The van der Waals surface area contributed by atoms with Gasteiger partial charge in [0, 0.05) is 24.1 Å². The van der Waals surface area contributed by atoms with E-state index in [1.165, 1.54) is 44.2 Å². The highest BCUT2D eigenvalue weighted by Gasteiger charge is 2.30. The number of benzene rings is 2. The molecule has 3 amide bonds. The molecule has 0 radical (unpaired) electrons. The molecule has 30 heavy (non-hydrogen) atoms. The first-order valence-corrected chi connectivity index (χ1v) is 9.35. The molecule has 1 fully saturated rings. The Morgan fingerprint density at radius 1 is 0.967 bits per heavy atom. The zero-order chi connectivity index (χ0) is 21.8. The number of carbonyl (C=O) groups is 5. The number of carbonyl (C=O) groups excluding carboxylic acids is 5. The van der Waals surface area contributed by atoms with Crippen molar-refractivity contribution in [2.24, 2.45) is 0 Å². The van der Waals surface area contributed by atoms with Crippen LogP contribution in [0.3, 0.4) is 0 Å². The maximum Gasteiger partial charge on any atom is 0.338 e. The van der Waals surface area contributed by atoms with Gasteiger partial charge in [0.1, 0.15) is 0 Å². The predicted molar refractivity (Wildman–Crippen MR) is 108 cm³/mol. The van der Waals surface area contributed by atoms with E-state index >= 15 is 0 Å². The van der Waals surface area contributed by atoms with Gasteiger partial charge in [-0.25, -0.2) is 4.79 Å². The SMILES string of the molecule is CC(=O)c1cccc(NC(=O)[C@@H](C)OC(=O)c2ccc(N3C(=O)CCC3=O)cc2)c1. The van der Waals surface area contributed by atoms with Crippen LogP contribution in [0.15, 0.2) is 48.5 Å². The van der Waals surface area contributed by atoms with Crippen LogP contribution in [0.2, 0.25) is 0 Å². The Kier molecular flexibility index (Phi) is 6.06. The molecule has 2 aromatic rings. The van der Waals surface area contributed by atoms with E-state index in [0.29, 0.717) is 16.9 Å². The third kappa shape index (κ3) is 4.60. The molecule has 154 valence electrons.